The quantitative estimate of drug-likeness (QED) is 0.661. The third-order valence-corrected chi connectivity index (χ3v) is 2.62. The summed E-state index contributed by atoms with van der Waals surface area (Å²) in [7, 11) is 0. The van der Waals surface area contributed by atoms with Crippen molar-refractivity contribution in [1.82, 2.24) is 4.90 Å². The molecule has 0 saturated carbocycles. The zero-order valence-corrected chi connectivity index (χ0v) is 9.67. The Morgan fingerprint density at radius 3 is 2.36 bits per heavy atom. The van der Waals surface area contributed by atoms with Crippen LogP contribution in [-0.2, 0) is 0 Å². The Hall–Kier alpha value is -0.300. The molecule has 0 amide bonds. The van der Waals surface area contributed by atoms with Crippen LogP contribution in [0.5, 0.6) is 0 Å². The van der Waals surface area contributed by atoms with Crippen LogP contribution in [0.2, 0.25) is 0 Å². The van der Waals surface area contributed by atoms with E-state index in [-0.39, 0.29) is 6.61 Å². The van der Waals surface area contributed by atoms with Crippen molar-refractivity contribution in [2.24, 2.45) is 0 Å². The van der Waals surface area contributed by atoms with Gasteiger partial charge in [0.2, 0.25) is 0 Å². The molecule has 0 aromatic rings. The zero-order chi connectivity index (χ0) is 11.0. The Morgan fingerprint density at radius 1 is 1.43 bits per heavy atom. The maximum Gasteiger partial charge on any atom is 0.133 e. The van der Waals surface area contributed by atoms with Crippen molar-refractivity contribution in [1.29, 1.82) is 5.26 Å². The van der Waals surface area contributed by atoms with E-state index in [2.05, 4.69) is 18.7 Å². The number of halogens is 1. The minimum atomic E-state index is -0.484. The van der Waals surface area contributed by atoms with Crippen LogP contribution in [0.1, 0.15) is 26.7 Å². The standard InChI is InChI=1S/C10H19ClN2O/c1-3-10(4-2)13(5-6-14)8-9(11)7-12/h9-10,14H,3-6,8H2,1-2H3. The molecular formula is C10H19ClN2O. The highest BCUT2D eigenvalue weighted by Gasteiger charge is 2.17. The lowest BCUT2D eigenvalue weighted by molar-refractivity contribution is 0.147. The number of hydrogen-bond acceptors (Lipinski definition) is 3. The molecule has 0 aliphatic carbocycles. The molecule has 1 unspecified atom stereocenters. The molecule has 0 aliphatic heterocycles. The predicted octanol–water partition coefficient (Wildman–Crippen LogP) is 1.60. The lowest BCUT2D eigenvalue weighted by Gasteiger charge is -2.29. The van der Waals surface area contributed by atoms with Crippen molar-refractivity contribution >= 4 is 11.6 Å². The molecule has 4 heteroatoms. The van der Waals surface area contributed by atoms with Crippen molar-refractivity contribution in [3.05, 3.63) is 0 Å². The van der Waals surface area contributed by atoms with Crippen molar-refractivity contribution in [2.75, 3.05) is 19.7 Å². The molecule has 0 radical (unpaired) electrons. The molecule has 14 heavy (non-hydrogen) atoms. The summed E-state index contributed by atoms with van der Waals surface area (Å²) in [5.74, 6) is 0. The van der Waals surface area contributed by atoms with Crippen LogP contribution < -0.4 is 0 Å². The molecule has 0 rings (SSSR count). The van der Waals surface area contributed by atoms with Gasteiger partial charge in [-0.3, -0.25) is 4.90 Å². The highest BCUT2D eigenvalue weighted by molar-refractivity contribution is 6.22. The summed E-state index contributed by atoms with van der Waals surface area (Å²) in [6.07, 6.45) is 2.04. The summed E-state index contributed by atoms with van der Waals surface area (Å²) in [5.41, 5.74) is 0. The zero-order valence-electron chi connectivity index (χ0n) is 8.91. The van der Waals surface area contributed by atoms with E-state index in [9.17, 15) is 0 Å². The molecule has 82 valence electrons. The minimum Gasteiger partial charge on any atom is -0.395 e. The van der Waals surface area contributed by atoms with Gasteiger partial charge in [0.15, 0.2) is 0 Å². The van der Waals surface area contributed by atoms with Crippen molar-refractivity contribution in [3.8, 4) is 6.07 Å². The van der Waals surface area contributed by atoms with Crippen molar-refractivity contribution in [3.63, 3.8) is 0 Å². The first-order chi connectivity index (χ1) is 6.69. The Labute approximate surface area is 91.3 Å². The molecule has 0 spiro atoms. The molecule has 0 heterocycles. The number of aliphatic hydroxyl groups is 1. The maximum atomic E-state index is 8.89. The third-order valence-electron chi connectivity index (χ3n) is 2.38. The second-order valence-electron chi connectivity index (χ2n) is 3.29. The lowest BCUT2D eigenvalue weighted by Crippen LogP contribution is -2.40. The Kier molecular flexibility index (Phi) is 7.87. The fourth-order valence-electron chi connectivity index (χ4n) is 1.60. The Bertz CT molecular complexity index is 177. The summed E-state index contributed by atoms with van der Waals surface area (Å²) in [6, 6.07) is 2.41. The van der Waals surface area contributed by atoms with Crippen LogP contribution in [-0.4, -0.2) is 41.1 Å². The van der Waals surface area contributed by atoms with Crippen LogP contribution in [0.4, 0.5) is 0 Å². The van der Waals surface area contributed by atoms with Crippen molar-refractivity contribution in [2.45, 2.75) is 38.1 Å². The van der Waals surface area contributed by atoms with E-state index in [1.807, 2.05) is 6.07 Å². The molecular weight excluding hydrogens is 200 g/mol. The molecule has 0 saturated heterocycles. The van der Waals surface area contributed by atoms with Crippen LogP contribution in [0.15, 0.2) is 0 Å². The van der Waals surface area contributed by atoms with Gasteiger partial charge in [0.25, 0.3) is 0 Å². The SMILES string of the molecule is CCC(CC)N(CCO)CC(Cl)C#N. The molecule has 0 aromatic heterocycles. The average Bonchev–Trinajstić information content (AvgIpc) is 2.19. The third kappa shape index (κ3) is 4.80. The maximum absolute atomic E-state index is 8.89. The fourth-order valence-corrected chi connectivity index (χ4v) is 1.78. The summed E-state index contributed by atoms with van der Waals surface area (Å²) >= 11 is 5.77. The molecule has 0 aliphatic rings. The number of rotatable bonds is 7. The number of nitriles is 1. The second kappa shape index (κ2) is 8.05. The van der Waals surface area contributed by atoms with Crippen LogP contribution >= 0.6 is 11.6 Å². The monoisotopic (exact) mass is 218 g/mol. The normalized spacial score (nSPS) is 13.2. The van der Waals surface area contributed by atoms with Gasteiger partial charge in [-0.1, -0.05) is 13.8 Å². The van der Waals surface area contributed by atoms with Gasteiger partial charge in [0, 0.05) is 19.1 Å². The Balaban J connectivity index is 4.19. The van der Waals surface area contributed by atoms with E-state index >= 15 is 0 Å². The number of aliphatic hydroxyl groups excluding tert-OH is 1. The van der Waals surface area contributed by atoms with E-state index in [0.29, 0.717) is 19.1 Å². The summed E-state index contributed by atoms with van der Waals surface area (Å²) in [4.78, 5) is 2.08. The van der Waals surface area contributed by atoms with Gasteiger partial charge in [-0.15, -0.1) is 11.6 Å². The van der Waals surface area contributed by atoms with E-state index in [1.54, 1.807) is 0 Å². The summed E-state index contributed by atoms with van der Waals surface area (Å²) < 4.78 is 0. The largest absolute Gasteiger partial charge is 0.395 e. The van der Waals surface area contributed by atoms with Crippen molar-refractivity contribution < 1.29 is 5.11 Å². The van der Waals surface area contributed by atoms with Gasteiger partial charge in [-0.25, -0.2) is 0 Å². The molecule has 1 atom stereocenters. The second-order valence-corrected chi connectivity index (χ2v) is 3.81. The highest BCUT2D eigenvalue weighted by atomic mass is 35.5. The minimum absolute atomic E-state index is 0.117. The number of alkyl halides is 1. The van der Waals surface area contributed by atoms with Gasteiger partial charge in [0.05, 0.1) is 12.7 Å². The van der Waals surface area contributed by atoms with E-state index < -0.39 is 5.38 Å². The van der Waals surface area contributed by atoms with Gasteiger partial charge in [0.1, 0.15) is 5.38 Å². The lowest BCUT2D eigenvalue weighted by atomic mass is 10.1. The van der Waals surface area contributed by atoms with Crippen LogP contribution in [0.25, 0.3) is 0 Å². The van der Waals surface area contributed by atoms with Gasteiger partial charge < -0.3 is 5.11 Å². The first-order valence-corrected chi connectivity index (χ1v) is 5.51. The van der Waals surface area contributed by atoms with E-state index in [4.69, 9.17) is 22.0 Å². The fraction of sp³-hybridized carbons (Fsp3) is 0.900. The van der Waals surface area contributed by atoms with Gasteiger partial charge in [-0.2, -0.15) is 5.26 Å². The first kappa shape index (κ1) is 13.7. The molecule has 0 aromatic carbocycles. The predicted molar refractivity (Wildman–Crippen MR) is 58.3 cm³/mol. The number of hydrogen-bond donors (Lipinski definition) is 1. The number of nitrogens with zero attached hydrogens (tertiary/aromatic N) is 2. The average molecular weight is 219 g/mol. The Morgan fingerprint density at radius 2 is 2.00 bits per heavy atom. The van der Waals surface area contributed by atoms with E-state index in [0.717, 1.165) is 12.8 Å². The smallest absolute Gasteiger partial charge is 0.133 e. The summed E-state index contributed by atoms with van der Waals surface area (Å²) in [6.45, 7) is 5.45. The molecule has 3 nitrogen and oxygen atoms in total. The van der Waals surface area contributed by atoms with Crippen LogP contribution in [0, 0.1) is 11.3 Å². The highest BCUT2D eigenvalue weighted by Crippen LogP contribution is 2.10. The molecule has 0 bridgehead atoms. The van der Waals surface area contributed by atoms with Crippen LogP contribution in [0.3, 0.4) is 0 Å². The summed E-state index contributed by atoms with van der Waals surface area (Å²) in [5, 5.41) is 17.0. The van der Waals surface area contributed by atoms with E-state index in [1.165, 1.54) is 0 Å². The first-order valence-electron chi connectivity index (χ1n) is 5.08. The van der Waals surface area contributed by atoms with Gasteiger partial charge in [-0.05, 0) is 12.8 Å². The van der Waals surface area contributed by atoms with Gasteiger partial charge >= 0.3 is 0 Å². The molecule has 1 N–H and O–H groups in total. The topological polar surface area (TPSA) is 47.3 Å². The molecule has 0 fully saturated rings.